The molecule has 0 spiro atoms. The van der Waals surface area contributed by atoms with Crippen LogP contribution >= 0.6 is 11.6 Å². The normalized spacial score (nSPS) is 17.6. The number of fused-ring (bicyclic) bond motifs is 1. The van der Waals surface area contributed by atoms with E-state index in [0.717, 1.165) is 30.1 Å². The molecule has 4 aromatic rings. The molecule has 5 rings (SSSR count). The lowest BCUT2D eigenvalue weighted by atomic mass is 9.85. The first-order valence-electron chi connectivity index (χ1n) is 12.5. The van der Waals surface area contributed by atoms with Gasteiger partial charge in [0.1, 0.15) is 17.3 Å². The molecule has 8 nitrogen and oxygen atoms in total. The smallest absolute Gasteiger partial charge is 0.334 e. The van der Waals surface area contributed by atoms with Gasteiger partial charge in [-0.25, -0.2) is 23.1 Å². The standard InChI is InChI=1S/C27H27ClF2N6O2/c1-31-22-7-4-8-23(34-22)36-21-6-3-2-5-20(21)35(27(36)38)15-16-9-11-18(12-10-16)33-26(37)19-13-17(28)14-32-24(19)25(29)30/h2-8,13-14,16,18,25H,9-12,15H2,1H3,(H,31,34)(H,33,37). The van der Waals surface area contributed by atoms with Crippen molar-refractivity contribution in [3.63, 3.8) is 0 Å². The maximum atomic E-state index is 13.6. The van der Waals surface area contributed by atoms with E-state index < -0.39 is 18.0 Å². The van der Waals surface area contributed by atoms with Crippen LogP contribution in [0.4, 0.5) is 14.6 Å². The molecule has 1 aromatic carbocycles. The monoisotopic (exact) mass is 540 g/mol. The van der Waals surface area contributed by atoms with Crippen LogP contribution in [0.1, 0.15) is 48.2 Å². The van der Waals surface area contributed by atoms with Crippen LogP contribution in [-0.4, -0.2) is 38.1 Å². The second-order valence-electron chi connectivity index (χ2n) is 9.43. The number of halogens is 3. The number of alkyl halides is 2. The van der Waals surface area contributed by atoms with E-state index in [-0.39, 0.29) is 28.2 Å². The number of pyridine rings is 2. The molecule has 1 fully saturated rings. The van der Waals surface area contributed by atoms with E-state index in [0.29, 0.717) is 31.0 Å². The Hall–Kier alpha value is -3.79. The number of nitrogens with zero attached hydrogens (tertiary/aromatic N) is 4. The Morgan fingerprint density at radius 3 is 2.55 bits per heavy atom. The van der Waals surface area contributed by atoms with Gasteiger partial charge in [0.2, 0.25) is 0 Å². The molecule has 1 aliphatic carbocycles. The zero-order chi connectivity index (χ0) is 26.8. The number of para-hydroxylation sites is 2. The summed E-state index contributed by atoms with van der Waals surface area (Å²) >= 11 is 5.89. The highest BCUT2D eigenvalue weighted by atomic mass is 35.5. The van der Waals surface area contributed by atoms with E-state index in [2.05, 4.69) is 20.6 Å². The topological polar surface area (TPSA) is 93.8 Å². The van der Waals surface area contributed by atoms with Gasteiger partial charge in [0.05, 0.1) is 21.6 Å². The van der Waals surface area contributed by atoms with E-state index in [1.807, 2.05) is 42.5 Å². The van der Waals surface area contributed by atoms with E-state index >= 15 is 0 Å². The second-order valence-corrected chi connectivity index (χ2v) is 9.86. The Balaban J connectivity index is 1.31. The first-order valence-corrected chi connectivity index (χ1v) is 12.8. The number of imidazole rings is 1. The fourth-order valence-electron chi connectivity index (χ4n) is 5.11. The first-order chi connectivity index (χ1) is 18.4. The van der Waals surface area contributed by atoms with Gasteiger partial charge in [-0.15, -0.1) is 0 Å². The molecule has 38 heavy (non-hydrogen) atoms. The lowest BCUT2D eigenvalue weighted by molar-refractivity contribution is 0.0904. The lowest BCUT2D eigenvalue weighted by Gasteiger charge is -2.29. The molecule has 0 atom stereocenters. The number of aromatic nitrogens is 4. The van der Waals surface area contributed by atoms with E-state index in [9.17, 15) is 18.4 Å². The van der Waals surface area contributed by atoms with Crippen molar-refractivity contribution >= 4 is 34.4 Å². The first kappa shape index (κ1) is 25.8. The Labute approximate surface area is 222 Å². The van der Waals surface area contributed by atoms with Crippen LogP contribution in [0, 0.1) is 5.92 Å². The molecule has 11 heteroatoms. The van der Waals surface area contributed by atoms with Gasteiger partial charge in [-0.2, -0.15) is 0 Å². The van der Waals surface area contributed by atoms with Crippen molar-refractivity contribution in [1.29, 1.82) is 0 Å². The summed E-state index contributed by atoms with van der Waals surface area (Å²) in [6, 6.07) is 14.2. The van der Waals surface area contributed by atoms with Crippen molar-refractivity contribution in [2.24, 2.45) is 5.92 Å². The summed E-state index contributed by atoms with van der Waals surface area (Å²) in [5.74, 6) is 0.832. The Morgan fingerprint density at radius 2 is 1.84 bits per heavy atom. The molecular weight excluding hydrogens is 514 g/mol. The number of carbonyl (C=O) groups is 1. The summed E-state index contributed by atoms with van der Waals surface area (Å²) in [5, 5.41) is 5.99. The molecule has 1 amide bonds. The minimum Gasteiger partial charge on any atom is -0.373 e. The number of carbonyl (C=O) groups excluding carboxylic acids is 1. The van der Waals surface area contributed by atoms with E-state index in [1.165, 1.54) is 6.07 Å². The van der Waals surface area contributed by atoms with Crippen LogP contribution in [-0.2, 0) is 6.54 Å². The summed E-state index contributed by atoms with van der Waals surface area (Å²) in [4.78, 5) is 34.5. The Kier molecular flexibility index (Phi) is 7.42. The summed E-state index contributed by atoms with van der Waals surface area (Å²) in [6.45, 7) is 0.534. The average Bonchev–Trinajstić information content (AvgIpc) is 3.20. The summed E-state index contributed by atoms with van der Waals surface area (Å²) in [6.07, 6.45) is 1.14. The largest absolute Gasteiger partial charge is 0.373 e. The Bertz CT molecular complexity index is 1530. The minimum atomic E-state index is -2.87. The van der Waals surface area contributed by atoms with Crippen molar-refractivity contribution in [2.75, 3.05) is 12.4 Å². The van der Waals surface area contributed by atoms with Crippen LogP contribution < -0.4 is 16.3 Å². The maximum absolute atomic E-state index is 13.6. The molecular formula is C27H27ClF2N6O2. The number of amides is 1. The fraction of sp³-hybridized carbons (Fsp3) is 0.333. The zero-order valence-electron chi connectivity index (χ0n) is 20.7. The quantitative estimate of drug-likeness (QED) is 0.336. The highest BCUT2D eigenvalue weighted by Crippen LogP contribution is 2.29. The molecule has 0 unspecified atom stereocenters. The molecule has 2 N–H and O–H groups in total. The van der Waals surface area contributed by atoms with Crippen molar-refractivity contribution < 1.29 is 13.6 Å². The molecule has 1 saturated carbocycles. The van der Waals surface area contributed by atoms with Crippen LogP contribution in [0.15, 0.2) is 59.5 Å². The predicted octanol–water partition coefficient (Wildman–Crippen LogP) is 5.20. The predicted molar refractivity (Wildman–Crippen MR) is 142 cm³/mol. The third kappa shape index (κ3) is 5.13. The van der Waals surface area contributed by atoms with Crippen molar-refractivity contribution in [3.05, 3.63) is 81.5 Å². The summed E-state index contributed by atoms with van der Waals surface area (Å²) < 4.78 is 30.1. The SMILES string of the molecule is CNc1cccc(-n2c(=O)n(CC3CCC(NC(=O)c4cc(Cl)cnc4C(F)F)CC3)c3ccccc32)n1. The van der Waals surface area contributed by atoms with Gasteiger partial charge in [-0.05, 0) is 61.9 Å². The highest BCUT2D eigenvalue weighted by molar-refractivity contribution is 6.30. The number of nitrogens with one attached hydrogen (secondary N) is 2. The van der Waals surface area contributed by atoms with Crippen LogP contribution in [0.5, 0.6) is 0 Å². The third-order valence-electron chi connectivity index (χ3n) is 7.01. The van der Waals surface area contributed by atoms with Gasteiger partial charge in [0.15, 0.2) is 0 Å². The number of anilines is 1. The summed E-state index contributed by atoms with van der Waals surface area (Å²) in [5.41, 5.74) is 0.674. The third-order valence-corrected chi connectivity index (χ3v) is 7.22. The van der Waals surface area contributed by atoms with Crippen molar-refractivity contribution in [1.82, 2.24) is 24.4 Å². The highest BCUT2D eigenvalue weighted by Gasteiger charge is 2.27. The van der Waals surface area contributed by atoms with Crippen LogP contribution in [0.2, 0.25) is 5.02 Å². The average molecular weight is 541 g/mol. The molecule has 198 valence electrons. The second kappa shape index (κ2) is 10.9. The van der Waals surface area contributed by atoms with E-state index in [1.54, 1.807) is 16.2 Å². The van der Waals surface area contributed by atoms with Gasteiger partial charge >= 0.3 is 5.69 Å². The molecule has 0 bridgehead atoms. The van der Waals surface area contributed by atoms with Gasteiger partial charge in [-0.3, -0.25) is 14.3 Å². The maximum Gasteiger partial charge on any atom is 0.334 e. The van der Waals surface area contributed by atoms with Gasteiger partial charge in [-0.1, -0.05) is 29.8 Å². The van der Waals surface area contributed by atoms with Crippen molar-refractivity contribution in [3.8, 4) is 5.82 Å². The molecule has 1 aliphatic rings. The number of rotatable bonds is 7. The van der Waals surface area contributed by atoms with Gasteiger partial charge in [0.25, 0.3) is 12.3 Å². The van der Waals surface area contributed by atoms with Gasteiger partial charge < -0.3 is 10.6 Å². The van der Waals surface area contributed by atoms with Crippen LogP contribution in [0.3, 0.4) is 0 Å². The fourth-order valence-corrected chi connectivity index (χ4v) is 5.27. The molecule has 3 aromatic heterocycles. The number of hydrogen-bond acceptors (Lipinski definition) is 5. The Morgan fingerprint density at radius 1 is 1.11 bits per heavy atom. The van der Waals surface area contributed by atoms with Gasteiger partial charge in [0, 0.05) is 25.8 Å². The van der Waals surface area contributed by atoms with Crippen molar-refractivity contribution in [2.45, 2.75) is 44.7 Å². The number of benzene rings is 1. The minimum absolute atomic E-state index is 0.126. The molecule has 0 aliphatic heterocycles. The number of hydrogen-bond donors (Lipinski definition) is 2. The summed E-state index contributed by atoms with van der Waals surface area (Å²) in [7, 11) is 1.78. The van der Waals surface area contributed by atoms with Crippen LogP contribution in [0.25, 0.3) is 16.9 Å². The zero-order valence-corrected chi connectivity index (χ0v) is 21.5. The molecule has 0 radical (unpaired) electrons. The lowest BCUT2D eigenvalue weighted by Crippen LogP contribution is -2.39. The molecule has 3 heterocycles. The molecule has 0 saturated heterocycles. The van der Waals surface area contributed by atoms with E-state index in [4.69, 9.17) is 11.6 Å².